The Morgan fingerprint density at radius 2 is 1.95 bits per heavy atom. The fraction of sp³-hybridized carbons (Fsp3) is 0.667. The van der Waals surface area contributed by atoms with Crippen LogP contribution >= 0.6 is 0 Å². The van der Waals surface area contributed by atoms with Gasteiger partial charge in [-0.05, 0) is 13.3 Å². The van der Waals surface area contributed by atoms with Gasteiger partial charge >= 0.3 is 0 Å². The Hall–Kier alpha value is -1.41. The number of aromatic nitrogens is 2. The lowest BCUT2D eigenvalue weighted by molar-refractivity contribution is 0.586. The lowest BCUT2D eigenvalue weighted by Gasteiger charge is -2.29. The highest BCUT2D eigenvalue weighted by Gasteiger charge is 2.24. The molecule has 0 saturated carbocycles. The summed E-state index contributed by atoms with van der Waals surface area (Å²) in [6.07, 6.45) is 1.72. The third-order valence-corrected chi connectivity index (χ3v) is 5.03. The van der Waals surface area contributed by atoms with Crippen molar-refractivity contribution in [1.82, 2.24) is 9.97 Å². The van der Waals surface area contributed by atoms with Gasteiger partial charge in [0.15, 0.2) is 9.84 Å². The monoisotopic (exact) mass is 299 g/mol. The molecule has 112 valence electrons. The summed E-state index contributed by atoms with van der Waals surface area (Å²) >= 11 is 0. The van der Waals surface area contributed by atoms with Gasteiger partial charge in [0, 0.05) is 25.1 Å². The molecule has 20 heavy (non-hydrogen) atoms. The van der Waals surface area contributed by atoms with E-state index >= 15 is 0 Å². The van der Waals surface area contributed by atoms with Gasteiger partial charge in [-0.1, -0.05) is 6.92 Å². The van der Waals surface area contributed by atoms with E-state index in [9.17, 15) is 8.42 Å². The number of nitrogens with one attached hydrogen (secondary N) is 1. The van der Waals surface area contributed by atoms with Crippen molar-refractivity contribution in [3.05, 3.63) is 11.4 Å². The predicted molar refractivity (Wildman–Crippen MR) is 79.4 cm³/mol. The van der Waals surface area contributed by atoms with E-state index in [1.54, 1.807) is 0 Å². The van der Waals surface area contributed by atoms with Crippen LogP contribution in [-0.4, -0.2) is 43.0 Å². The molecule has 3 N–H and O–H groups in total. The fourth-order valence-corrected chi connectivity index (χ4v) is 3.46. The zero-order valence-corrected chi connectivity index (χ0v) is 12.7. The molecule has 1 aliphatic rings. The van der Waals surface area contributed by atoms with Crippen LogP contribution in [0.4, 0.5) is 11.6 Å². The number of aryl methyl sites for hydroxylation is 1. The van der Waals surface area contributed by atoms with Crippen molar-refractivity contribution in [3.63, 3.8) is 0 Å². The number of nitrogens with two attached hydrogens (primary N) is 1. The van der Waals surface area contributed by atoms with Crippen LogP contribution in [0.1, 0.15) is 24.7 Å². The molecule has 1 fully saturated rings. The van der Waals surface area contributed by atoms with E-state index in [0.717, 1.165) is 30.0 Å². The third kappa shape index (κ3) is 3.18. The number of sulfone groups is 1. The number of hydrogen-bond acceptors (Lipinski definition) is 7. The molecule has 0 spiro atoms. The second-order valence-corrected chi connectivity index (χ2v) is 7.27. The van der Waals surface area contributed by atoms with Crippen molar-refractivity contribution in [2.75, 3.05) is 34.9 Å². The lowest BCUT2D eigenvalue weighted by Crippen LogP contribution is -2.41. The Morgan fingerprint density at radius 3 is 2.50 bits per heavy atom. The largest absolute Gasteiger partial charge is 0.354 e. The van der Waals surface area contributed by atoms with E-state index < -0.39 is 9.84 Å². The number of rotatable bonds is 4. The molecule has 1 aliphatic heterocycles. The van der Waals surface area contributed by atoms with Crippen LogP contribution in [0, 0.1) is 6.92 Å². The molecule has 0 radical (unpaired) electrons. The van der Waals surface area contributed by atoms with Gasteiger partial charge in [0.05, 0.1) is 11.5 Å². The Bertz CT molecular complexity index is 574. The third-order valence-electron chi connectivity index (χ3n) is 3.42. The smallest absolute Gasteiger partial charge is 0.153 e. The van der Waals surface area contributed by atoms with Gasteiger partial charge in [-0.25, -0.2) is 24.2 Å². The SMILES string of the molecule is CCCc1nc(NN)c(C)c(N2CCS(=O)(=O)CC2)n1. The molecule has 0 aromatic carbocycles. The zero-order chi connectivity index (χ0) is 14.8. The first-order valence-corrected chi connectivity index (χ1v) is 8.58. The highest BCUT2D eigenvalue weighted by Crippen LogP contribution is 2.24. The molecule has 0 unspecified atom stereocenters. The maximum Gasteiger partial charge on any atom is 0.153 e. The second kappa shape index (κ2) is 5.92. The van der Waals surface area contributed by atoms with E-state index in [1.165, 1.54) is 0 Å². The van der Waals surface area contributed by atoms with E-state index in [1.807, 2.05) is 11.8 Å². The summed E-state index contributed by atoms with van der Waals surface area (Å²) in [6.45, 7) is 4.89. The Balaban J connectivity index is 2.32. The van der Waals surface area contributed by atoms with Crippen molar-refractivity contribution in [2.45, 2.75) is 26.7 Å². The number of nitrogens with zero attached hydrogens (tertiary/aromatic N) is 3. The van der Waals surface area contributed by atoms with E-state index in [-0.39, 0.29) is 11.5 Å². The minimum atomic E-state index is -2.90. The number of nitrogen functional groups attached to an aromatic ring is 1. The summed E-state index contributed by atoms with van der Waals surface area (Å²) in [7, 11) is -2.90. The number of anilines is 2. The van der Waals surface area contributed by atoms with Crippen molar-refractivity contribution >= 4 is 21.5 Å². The summed E-state index contributed by atoms with van der Waals surface area (Å²) in [5, 5.41) is 0. The first-order valence-electron chi connectivity index (χ1n) is 6.76. The first-order chi connectivity index (χ1) is 9.46. The summed E-state index contributed by atoms with van der Waals surface area (Å²) in [4.78, 5) is 10.9. The van der Waals surface area contributed by atoms with Crippen molar-refractivity contribution in [2.24, 2.45) is 5.84 Å². The van der Waals surface area contributed by atoms with Gasteiger partial charge in [-0.15, -0.1) is 0 Å². The van der Waals surface area contributed by atoms with Crippen molar-refractivity contribution < 1.29 is 8.42 Å². The summed E-state index contributed by atoms with van der Waals surface area (Å²) in [5.41, 5.74) is 3.45. The lowest BCUT2D eigenvalue weighted by atomic mass is 10.2. The molecule has 0 aliphatic carbocycles. The van der Waals surface area contributed by atoms with Crippen molar-refractivity contribution in [3.8, 4) is 0 Å². The van der Waals surface area contributed by atoms with Gasteiger partial charge in [0.2, 0.25) is 0 Å². The number of hydrogen-bond donors (Lipinski definition) is 2. The molecule has 7 nitrogen and oxygen atoms in total. The average molecular weight is 299 g/mol. The van der Waals surface area contributed by atoms with Crippen molar-refractivity contribution in [1.29, 1.82) is 0 Å². The topological polar surface area (TPSA) is 101 Å². The van der Waals surface area contributed by atoms with Crippen LogP contribution in [0.5, 0.6) is 0 Å². The molecule has 1 aromatic rings. The number of hydrazine groups is 1. The molecule has 0 atom stereocenters. The summed E-state index contributed by atoms with van der Waals surface area (Å²) < 4.78 is 23.0. The normalized spacial score (nSPS) is 18.1. The van der Waals surface area contributed by atoms with E-state index in [2.05, 4.69) is 22.3 Å². The first kappa shape index (κ1) is 15.0. The van der Waals surface area contributed by atoms with Crippen LogP contribution in [0.25, 0.3) is 0 Å². The fourth-order valence-electron chi connectivity index (χ4n) is 2.26. The maximum atomic E-state index is 11.5. The quantitative estimate of drug-likeness (QED) is 0.607. The summed E-state index contributed by atoms with van der Waals surface area (Å²) in [5.74, 6) is 7.96. The van der Waals surface area contributed by atoms with Gasteiger partial charge in [0.25, 0.3) is 0 Å². The minimum absolute atomic E-state index is 0.172. The minimum Gasteiger partial charge on any atom is -0.354 e. The Labute approximate surface area is 119 Å². The molecular weight excluding hydrogens is 278 g/mol. The van der Waals surface area contributed by atoms with Gasteiger partial charge in [-0.2, -0.15) is 0 Å². The molecule has 1 aromatic heterocycles. The van der Waals surface area contributed by atoms with Crippen LogP contribution in [-0.2, 0) is 16.3 Å². The predicted octanol–water partition coefficient (Wildman–Crippen LogP) is 0.258. The summed E-state index contributed by atoms with van der Waals surface area (Å²) in [6, 6.07) is 0. The van der Waals surface area contributed by atoms with Gasteiger partial charge < -0.3 is 10.3 Å². The average Bonchev–Trinajstić information content (AvgIpc) is 2.41. The molecule has 1 saturated heterocycles. The van der Waals surface area contributed by atoms with E-state index in [4.69, 9.17) is 5.84 Å². The van der Waals surface area contributed by atoms with Gasteiger partial charge in [-0.3, -0.25) is 0 Å². The Kier molecular flexibility index (Phi) is 4.44. The zero-order valence-electron chi connectivity index (χ0n) is 11.9. The van der Waals surface area contributed by atoms with E-state index in [0.29, 0.717) is 18.9 Å². The molecule has 8 heteroatoms. The highest BCUT2D eigenvalue weighted by molar-refractivity contribution is 7.91. The molecule has 0 amide bonds. The molecule has 2 heterocycles. The maximum absolute atomic E-state index is 11.5. The van der Waals surface area contributed by atoms with Gasteiger partial charge in [0.1, 0.15) is 17.5 Å². The van der Waals surface area contributed by atoms with Crippen LogP contribution in [0.3, 0.4) is 0 Å². The standard InChI is InChI=1S/C12H21N5O2S/c1-3-4-10-14-11(16-13)9(2)12(15-10)17-5-7-20(18,19)8-6-17/h3-8,13H2,1-2H3,(H,14,15,16). The van der Waals surface area contributed by atoms with Crippen LogP contribution < -0.4 is 16.2 Å². The molecule has 0 bridgehead atoms. The van der Waals surface area contributed by atoms with Crippen LogP contribution in [0.15, 0.2) is 0 Å². The molecular formula is C12H21N5O2S. The molecule has 2 rings (SSSR count). The second-order valence-electron chi connectivity index (χ2n) is 4.97. The highest BCUT2D eigenvalue weighted by atomic mass is 32.2. The Morgan fingerprint density at radius 1 is 1.30 bits per heavy atom. The van der Waals surface area contributed by atoms with Crippen LogP contribution in [0.2, 0.25) is 0 Å².